The Morgan fingerprint density at radius 3 is 1.79 bits per heavy atom. The molecule has 1 aromatic heterocycles. The minimum Gasteiger partial charge on any atom is -0.493 e. The van der Waals surface area contributed by atoms with Crippen molar-refractivity contribution in [2.45, 2.75) is 27.7 Å². The molecule has 33 heavy (non-hydrogen) atoms. The van der Waals surface area contributed by atoms with Crippen molar-refractivity contribution in [1.82, 2.24) is 4.98 Å². The van der Waals surface area contributed by atoms with Crippen LogP contribution in [-0.2, 0) is 0 Å². The fourth-order valence-corrected chi connectivity index (χ4v) is 3.84. The molecule has 0 spiro atoms. The third-order valence-electron chi connectivity index (χ3n) is 5.63. The summed E-state index contributed by atoms with van der Waals surface area (Å²) in [7, 11) is 0. The number of nitrogens with one attached hydrogen (secondary N) is 1. The molecule has 0 aliphatic carbocycles. The van der Waals surface area contributed by atoms with Crippen LogP contribution >= 0.6 is 0 Å². The summed E-state index contributed by atoms with van der Waals surface area (Å²) in [6.45, 7) is 9.43. The van der Waals surface area contributed by atoms with Gasteiger partial charge in [0.05, 0.1) is 24.6 Å². The zero-order valence-corrected chi connectivity index (χ0v) is 19.7. The van der Waals surface area contributed by atoms with Crippen LogP contribution in [0.3, 0.4) is 0 Å². The van der Waals surface area contributed by atoms with Crippen LogP contribution in [0.15, 0.2) is 78.9 Å². The summed E-state index contributed by atoms with van der Waals surface area (Å²) >= 11 is 0. The Bertz CT molecular complexity index is 1180. The number of pyridine rings is 1. The second kappa shape index (κ2) is 10.2. The molecule has 0 aliphatic heterocycles. The van der Waals surface area contributed by atoms with Crippen LogP contribution in [0, 0.1) is 13.8 Å². The lowest BCUT2D eigenvalue weighted by atomic mass is 10.0. The summed E-state index contributed by atoms with van der Waals surface area (Å²) in [6.07, 6.45) is 0. The molecule has 4 heteroatoms. The van der Waals surface area contributed by atoms with Gasteiger partial charge in [-0.3, -0.25) is 0 Å². The van der Waals surface area contributed by atoms with Crippen LogP contribution < -0.4 is 14.8 Å². The molecule has 0 atom stereocenters. The van der Waals surface area contributed by atoms with E-state index >= 15 is 0 Å². The molecular weight excluding hydrogens is 408 g/mol. The first-order chi connectivity index (χ1) is 16.1. The smallest absolute Gasteiger partial charge is 0.128 e. The van der Waals surface area contributed by atoms with Gasteiger partial charge in [-0.2, -0.15) is 0 Å². The first kappa shape index (κ1) is 22.4. The minimum atomic E-state index is 0.595. The monoisotopic (exact) mass is 438 g/mol. The molecule has 0 unspecified atom stereocenters. The lowest BCUT2D eigenvalue weighted by Crippen LogP contribution is -2.00. The summed E-state index contributed by atoms with van der Waals surface area (Å²) in [5, 5.41) is 3.61. The SMILES string of the molecule is CCOc1ccccc1-c1cc(Nc2cccc(C)c2C)cc(-c2ccccc2OCC)n1. The van der Waals surface area contributed by atoms with Crippen LogP contribution in [0.5, 0.6) is 11.5 Å². The van der Waals surface area contributed by atoms with E-state index in [1.165, 1.54) is 11.1 Å². The van der Waals surface area contributed by atoms with Crippen molar-refractivity contribution in [1.29, 1.82) is 0 Å². The molecule has 4 aromatic rings. The van der Waals surface area contributed by atoms with Crippen LogP contribution in [0.4, 0.5) is 11.4 Å². The van der Waals surface area contributed by atoms with E-state index in [1.807, 2.05) is 62.4 Å². The van der Waals surface area contributed by atoms with Gasteiger partial charge in [0, 0.05) is 22.5 Å². The molecule has 3 aromatic carbocycles. The summed E-state index contributed by atoms with van der Waals surface area (Å²) in [5.41, 5.74) is 8.11. The summed E-state index contributed by atoms with van der Waals surface area (Å²) in [5.74, 6) is 1.64. The number of aromatic nitrogens is 1. The lowest BCUT2D eigenvalue weighted by Gasteiger charge is -2.17. The number of rotatable bonds is 8. The molecule has 0 bridgehead atoms. The average molecular weight is 439 g/mol. The van der Waals surface area contributed by atoms with Crippen molar-refractivity contribution >= 4 is 11.4 Å². The number of hydrogen-bond acceptors (Lipinski definition) is 4. The molecule has 0 radical (unpaired) electrons. The standard InChI is InChI=1S/C29H30N2O2/c1-5-32-28-16-9-7-13-23(28)26-18-22(30-25-15-11-12-20(3)21(25)4)19-27(31-26)24-14-8-10-17-29(24)33-6-2/h7-19H,5-6H2,1-4H3,(H,30,31). The molecule has 4 nitrogen and oxygen atoms in total. The topological polar surface area (TPSA) is 43.4 Å². The van der Waals surface area contributed by atoms with Gasteiger partial charge in [0.2, 0.25) is 0 Å². The van der Waals surface area contributed by atoms with E-state index in [-0.39, 0.29) is 0 Å². The van der Waals surface area contributed by atoms with Gasteiger partial charge >= 0.3 is 0 Å². The molecule has 0 amide bonds. The third kappa shape index (κ3) is 5.01. The number of anilines is 2. The number of benzene rings is 3. The van der Waals surface area contributed by atoms with E-state index in [4.69, 9.17) is 14.5 Å². The van der Waals surface area contributed by atoms with Crippen molar-refractivity contribution in [3.8, 4) is 34.0 Å². The van der Waals surface area contributed by atoms with Crippen molar-refractivity contribution in [3.05, 3.63) is 90.0 Å². The molecule has 0 aliphatic rings. The maximum Gasteiger partial charge on any atom is 0.128 e. The van der Waals surface area contributed by atoms with Crippen molar-refractivity contribution in [2.24, 2.45) is 0 Å². The molecule has 0 saturated carbocycles. The van der Waals surface area contributed by atoms with E-state index in [0.29, 0.717) is 13.2 Å². The van der Waals surface area contributed by atoms with E-state index in [0.717, 1.165) is 45.4 Å². The maximum atomic E-state index is 5.91. The molecule has 0 fully saturated rings. The summed E-state index contributed by atoms with van der Waals surface area (Å²) in [4.78, 5) is 5.04. The van der Waals surface area contributed by atoms with Gasteiger partial charge in [-0.15, -0.1) is 0 Å². The first-order valence-electron chi connectivity index (χ1n) is 11.4. The summed E-state index contributed by atoms with van der Waals surface area (Å²) < 4.78 is 11.8. The van der Waals surface area contributed by atoms with Crippen molar-refractivity contribution in [2.75, 3.05) is 18.5 Å². The zero-order valence-electron chi connectivity index (χ0n) is 19.7. The van der Waals surface area contributed by atoms with Gasteiger partial charge in [-0.25, -0.2) is 4.98 Å². The van der Waals surface area contributed by atoms with Crippen LogP contribution in [0.2, 0.25) is 0 Å². The molecule has 168 valence electrons. The van der Waals surface area contributed by atoms with E-state index in [1.54, 1.807) is 0 Å². The fraction of sp³-hybridized carbons (Fsp3) is 0.207. The average Bonchev–Trinajstić information content (AvgIpc) is 2.83. The Labute approximate surface area is 196 Å². The van der Waals surface area contributed by atoms with Gasteiger partial charge in [0.25, 0.3) is 0 Å². The minimum absolute atomic E-state index is 0.595. The number of hydrogen-bond donors (Lipinski definition) is 1. The van der Waals surface area contributed by atoms with E-state index < -0.39 is 0 Å². The second-order valence-electron chi connectivity index (χ2n) is 7.86. The Hall–Kier alpha value is -3.79. The normalized spacial score (nSPS) is 10.7. The highest BCUT2D eigenvalue weighted by Crippen LogP contribution is 2.36. The maximum absolute atomic E-state index is 5.91. The summed E-state index contributed by atoms with van der Waals surface area (Å²) in [6, 6.07) is 26.5. The zero-order chi connectivity index (χ0) is 23.2. The van der Waals surface area contributed by atoms with Crippen molar-refractivity contribution < 1.29 is 9.47 Å². The van der Waals surface area contributed by atoms with Crippen LogP contribution in [0.25, 0.3) is 22.5 Å². The molecular formula is C29H30N2O2. The Morgan fingerprint density at radius 2 is 1.24 bits per heavy atom. The number of ether oxygens (including phenoxy) is 2. The van der Waals surface area contributed by atoms with Crippen molar-refractivity contribution in [3.63, 3.8) is 0 Å². The Kier molecular flexibility index (Phi) is 6.94. The fourth-order valence-electron chi connectivity index (χ4n) is 3.84. The van der Waals surface area contributed by atoms with Crippen LogP contribution in [0.1, 0.15) is 25.0 Å². The van der Waals surface area contributed by atoms with E-state index in [9.17, 15) is 0 Å². The number of para-hydroxylation sites is 2. The highest BCUT2D eigenvalue weighted by molar-refractivity contribution is 5.79. The Balaban J connectivity index is 1.88. The molecule has 1 heterocycles. The predicted molar refractivity (Wildman–Crippen MR) is 137 cm³/mol. The van der Waals surface area contributed by atoms with Gasteiger partial charge in [0.15, 0.2) is 0 Å². The third-order valence-corrected chi connectivity index (χ3v) is 5.63. The number of nitrogens with zero attached hydrogens (tertiary/aromatic N) is 1. The predicted octanol–water partition coefficient (Wildman–Crippen LogP) is 7.57. The molecule has 1 N–H and O–H groups in total. The second-order valence-corrected chi connectivity index (χ2v) is 7.86. The molecule has 4 rings (SSSR count). The van der Waals surface area contributed by atoms with Gasteiger partial charge in [-0.05, 0) is 81.3 Å². The highest BCUT2D eigenvalue weighted by atomic mass is 16.5. The van der Waals surface area contributed by atoms with Gasteiger partial charge in [0.1, 0.15) is 11.5 Å². The number of aryl methyl sites for hydroxylation is 1. The van der Waals surface area contributed by atoms with Gasteiger partial charge < -0.3 is 14.8 Å². The van der Waals surface area contributed by atoms with E-state index in [2.05, 4.69) is 49.5 Å². The first-order valence-corrected chi connectivity index (χ1v) is 11.4. The Morgan fingerprint density at radius 1 is 0.697 bits per heavy atom. The molecule has 0 saturated heterocycles. The van der Waals surface area contributed by atoms with Gasteiger partial charge in [-0.1, -0.05) is 36.4 Å². The largest absolute Gasteiger partial charge is 0.493 e. The quantitative estimate of drug-likeness (QED) is 0.308. The van der Waals surface area contributed by atoms with Crippen LogP contribution in [-0.4, -0.2) is 18.2 Å². The highest BCUT2D eigenvalue weighted by Gasteiger charge is 2.14. The lowest BCUT2D eigenvalue weighted by molar-refractivity contribution is 0.341.